The molecule has 1 unspecified atom stereocenters. The molecule has 112 valence electrons. The van der Waals surface area contributed by atoms with Gasteiger partial charge in [0.2, 0.25) is 0 Å². The summed E-state index contributed by atoms with van der Waals surface area (Å²) in [4.78, 5) is 0. The van der Waals surface area contributed by atoms with Crippen LogP contribution in [-0.2, 0) is 0 Å². The Hall–Kier alpha value is -1.64. The quantitative estimate of drug-likeness (QED) is 0.776. The van der Waals surface area contributed by atoms with Crippen molar-refractivity contribution in [1.29, 1.82) is 0 Å². The fourth-order valence-electron chi connectivity index (χ4n) is 2.63. The van der Waals surface area contributed by atoms with Crippen LogP contribution in [0.2, 0.25) is 0 Å². The van der Waals surface area contributed by atoms with Gasteiger partial charge in [0.15, 0.2) is 0 Å². The molecule has 21 heavy (non-hydrogen) atoms. The van der Waals surface area contributed by atoms with Crippen LogP contribution in [0.3, 0.4) is 0 Å². The van der Waals surface area contributed by atoms with E-state index in [0.29, 0.717) is 12.5 Å². The third kappa shape index (κ3) is 5.00. The molecule has 0 aliphatic carbocycles. The van der Waals surface area contributed by atoms with Crippen LogP contribution in [0, 0.1) is 0 Å². The molecular weight excluding hydrogens is 258 g/mol. The van der Waals surface area contributed by atoms with Crippen molar-refractivity contribution in [3.05, 3.63) is 71.8 Å². The van der Waals surface area contributed by atoms with Gasteiger partial charge >= 0.3 is 0 Å². The molecule has 0 aliphatic heterocycles. The van der Waals surface area contributed by atoms with Gasteiger partial charge in [-0.25, -0.2) is 0 Å². The Kier molecular flexibility index (Phi) is 6.45. The summed E-state index contributed by atoms with van der Waals surface area (Å²) in [6.45, 7) is 3.60. The molecule has 2 heteroatoms. The van der Waals surface area contributed by atoms with Crippen molar-refractivity contribution < 1.29 is 5.11 Å². The maximum Gasteiger partial charge on any atom is 0.0664 e. The Bertz CT molecular complexity index is 458. The molecule has 0 radical (unpaired) electrons. The van der Waals surface area contributed by atoms with Crippen LogP contribution in [0.25, 0.3) is 0 Å². The highest BCUT2D eigenvalue weighted by Gasteiger charge is 2.13. The minimum Gasteiger partial charge on any atom is -0.392 e. The average Bonchev–Trinajstić information content (AvgIpc) is 2.53. The SMILES string of the molecule is CCCC(O)CNCC(c1ccccc1)c1ccccc1. The molecule has 0 aromatic heterocycles. The summed E-state index contributed by atoms with van der Waals surface area (Å²) in [5.74, 6) is 0.321. The van der Waals surface area contributed by atoms with Gasteiger partial charge in [-0.15, -0.1) is 0 Å². The number of rotatable bonds is 8. The lowest BCUT2D eigenvalue weighted by Crippen LogP contribution is -2.30. The van der Waals surface area contributed by atoms with Gasteiger partial charge in [-0.05, 0) is 17.5 Å². The van der Waals surface area contributed by atoms with Crippen LogP contribution in [0.15, 0.2) is 60.7 Å². The predicted octanol–water partition coefficient (Wildman–Crippen LogP) is 3.57. The molecule has 0 fully saturated rings. The number of hydrogen-bond acceptors (Lipinski definition) is 2. The summed E-state index contributed by atoms with van der Waals surface area (Å²) >= 11 is 0. The topological polar surface area (TPSA) is 32.3 Å². The standard InChI is InChI=1S/C19H25NO/c1-2-9-18(21)14-20-15-19(16-10-5-3-6-11-16)17-12-7-4-8-13-17/h3-8,10-13,18-21H,2,9,14-15H2,1H3. The normalized spacial score (nSPS) is 12.5. The zero-order valence-electron chi connectivity index (χ0n) is 12.7. The number of aliphatic hydroxyl groups excluding tert-OH is 1. The van der Waals surface area contributed by atoms with E-state index in [1.54, 1.807) is 0 Å². The van der Waals surface area contributed by atoms with Crippen LogP contribution in [0.1, 0.15) is 36.8 Å². The third-order valence-corrected chi connectivity index (χ3v) is 3.75. The molecule has 0 heterocycles. The fraction of sp³-hybridized carbons (Fsp3) is 0.368. The highest BCUT2D eigenvalue weighted by Crippen LogP contribution is 2.23. The molecule has 0 spiro atoms. The maximum absolute atomic E-state index is 9.84. The number of benzene rings is 2. The van der Waals surface area contributed by atoms with E-state index in [1.165, 1.54) is 11.1 Å². The van der Waals surface area contributed by atoms with Gasteiger partial charge in [0.1, 0.15) is 0 Å². The smallest absolute Gasteiger partial charge is 0.0664 e. The Balaban J connectivity index is 2.04. The third-order valence-electron chi connectivity index (χ3n) is 3.75. The van der Waals surface area contributed by atoms with E-state index in [4.69, 9.17) is 0 Å². The van der Waals surface area contributed by atoms with Crippen molar-refractivity contribution >= 4 is 0 Å². The highest BCUT2D eigenvalue weighted by atomic mass is 16.3. The molecule has 2 rings (SSSR count). The van der Waals surface area contributed by atoms with E-state index in [1.807, 2.05) is 12.1 Å². The average molecular weight is 283 g/mol. The first-order valence-electron chi connectivity index (χ1n) is 7.80. The molecule has 0 bridgehead atoms. The zero-order chi connectivity index (χ0) is 14.9. The minimum absolute atomic E-state index is 0.248. The van der Waals surface area contributed by atoms with Crippen LogP contribution >= 0.6 is 0 Å². The first kappa shape index (κ1) is 15.7. The maximum atomic E-state index is 9.84. The van der Waals surface area contributed by atoms with Crippen molar-refractivity contribution in [3.63, 3.8) is 0 Å². The largest absolute Gasteiger partial charge is 0.392 e. The van der Waals surface area contributed by atoms with E-state index >= 15 is 0 Å². The van der Waals surface area contributed by atoms with Crippen molar-refractivity contribution in [3.8, 4) is 0 Å². The molecule has 0 saturated heterocycles. The summed E-state index contributed by atoms with van der Waals surface area (Å²) in [5, 5.41) is 13.3. The molecule has 0 aliphatic rings. The predicted molar refractivity (Wildman–Crippen MR) is 88.5 cm³/mol. The van der Waals surface area contributed by atoms with Crippen molar-refractivity contribution in [2.45, 2.75) is 31.8 Å². The monoisotopic (exact) mass is 283 g/mol. The van der Waals surface area contributed by atoms with Gasteiger partial charge < -0.3 is 10.4 Å². The van der Waals surface area contributed by atoms with Crippen LogP contribution in [0.5, 0.6) is 0 Å². The molecule has 0 amide bonds. The van der Waals surface area contributed by atoms with Gasteiger partial charge in [0.25, 0.3) is 0 Å². The van der Waals surface area contributed by atoms with E-state index in [0.717, 1.165) is 19.4 Å². The van der Waals surface area contributed by atoms with Gasteiger partial charge in [0.05, 0.1) is 6.10 Å². The van der Waals surface area contributed by atoms with E-state index in [2.05, 4.69) is 60.8 Å². The molecule has 0 saturated carbocycles. The molecule has 2 aromatic carbocycles. The van der Waals surface area contributed by atoms with Gasteiger partial charge in [-0.3, -0.25) is 0 Å². The Morgan fingerprint density at radius 3 is 1.86 bits per heavy atom. The van der Waals surface area contributed by atoms with Crippen molar-refractivity contribution in [2.75, 3.05) is 13.1 Å². The van der Waals surface area contributed by atoms with Gasteiger partial charge in [-0.2, -0.15) is 0 Å². The van der Waals surface area contributed by atoms with Crippen LogP contribution < -0.4 is 5.32 Å². The number of nitrogens with one attached hydrogen (secondary N) is 1. The van der Waals surface area contributed by atoms with Crippen LogP contribution in [0.4, 0.5) is 0 Å². The Morgan fingerprint density at radius 1 is 0.857 bits per heavy atom. The van der Waals surface area contributed by atoms with Crippen LogP contribution in [-0.4, -0.2) is 24.3 Å². The second kappa shape index (κ2) is 8.60. The molecule has 2 aromatic rings. The molecular formula is C19H25NO. The second-order valence-electron chi connectivity index (χ2n) is 5.47. The lowest BCUT2D eigenvalue weighted by atomic mass is 9.91. The van der Waals surface area contributed by atoms with E-state index in [9.17, 15) is 5.11 Å². The molecule has 2 nitrogen and oxygen atoms in total. The first-order valence-corrected chi connectivity index (χ1v) is 7.80. The highest BCUT2D eigenvalue weighted by molar-refractivity contribution is 5.32. The minimum atomic E-state index is -0.248. The first-order chi connectivity index (χ1) is 10.3. The van der Waals surface area contributed by atoms with Gasteiger partial charge in [-0.1, -0.05) is 74.0 Å². The summed E-state index contributed by atoms with van der Waals surface area (Å²) in [6.07, 6.45) is 1.63. The number of aliphatic hydroxyl groups is 1. The number of hydrogen-bond donors (Lipinski definition) is 2. The zero-order valence-corrected chi connectivity index (χ0v) is 12.7. The second-order valence-corrected chi connectivity index (χ2v) is 5.47. The van der Waals surface area contributed by atoms with Crippen molar-refractivity contribution in [2.24, 2.45) is 0 Å². The molecule has 2 N–H and O–H groups in total. The Labute approximate surface area is 127 Å². The summed E-state index contributed by atoms with van der Waals surface area (Å²) < 4.78 is 0. The van der Waals surface area contributed by atoms with E-state index in [-0.39, 0.29) is 6.10 Å². The van der Waals surface area contributed by atoms with E-state index < -0.39 is 0 Å². The van der Waals surface area contributed by atoms with Gasteiger partial charge in [0, 0.05) is 19.0 Å². The summed E-state index contributed by atoms with van der Waals surface area (Å²) in [6, 6.07) is 21.1. The van der Waals surface area contributed by atoms with Crippen molar-refractivity contribution in [1.82, 2.24) is 5.32 Å². The Morgan fingerprint density at radius 2 is 1.38 bits per heavy atom. The lowest BCUT2D eigenvalue weighted by Gasteiger charge is -2.20. The molecule has 1 atom stereocenters. The summed E-state index contributed by atoms with van der Waals surface area (Å²) in [5.41, 5.74) is 2.61. The fourth-order valence-corrected chi connectivity index (χ4v) is 2.63. The summed E-state index contributed by atoms with van der Waals surface area (Å²) in [7, 11) is 0. The lowest BCUT2D eigenvalue weighted by molar-refractivity contribution is 0.160.